The van der Waals surface area contributed by atoms with E-state index in [-0.39, 0.29) is 49.6 Å². The standard InChI is InChI=1S/C31H47O9P/c1-8-27(35)37-18-26(34)31(38-19-41(36,39-9-2)40-10-3)20(4)15-24-23-12-11-21-16-22(32)13-14-28(21,5)30(23,7)25(33)17-29(24,31)6/h13-14,16,20,23-25,33H,8-12,15,17-19H2,1-7H3/t20-,23-,24-,25-,28-,29-,30+,31-/m0/s1. The summed E-state index contributed by atoms with van der Waals surface area (Å²) in [4.78, 5) is 38.6. The van der Waals surface area contributed by atoms with Gasteiger partial charge >= 0.3 is 13.6 Å². The smallest absolute Gasteiger partial charge is 0.356 e. The van der Waals surface area contributed by atoms with Gasteiger partial charge in [0, 0.05) is 22.7 Å². The van der Waals surface area contributed by atoms with Gasteiger partial charge < -0.3 is 23.6 Å². The first-order valence-electron chi connectivity index (χ1n) is 15.0. The first-order valence-corrected chi connectivity index (χ1v) is 16.7. The predicted octanol–water partition coefficient (Wildman–Crippen LogP) is 5.40. The highest BCUT2D eigenvalue weighted by Gasteiger charge is 2.74. The molecule has 0 aliphatic heterocycles. The van der Waals surface area contributed by atoms with Crippen molar-refractivity contribution in [2.75, 3.05) is 26.2 Å². The summed E-state index contributed by atoms with van der Waals surface area (Å²) in [5, 5.41) is 12.1. The number of hydrogen-bond donors (Lipinski definition) is 1. The van der Waals surface area contributed by atoms with Crippen molar-refractivity contribution in [1.29, 1.82) is 0 Å². The number of aliphatic hydroxyl groups excluding tert-OH is 1. The average molecular weight is 595 g/mol. The minimum Gasteiger partial charge on any atom is -0.458 e. The first kappa shape index (κ1) is 32.3. The fraction of sp³-hybridized carbons (Fsp3) is 0.774. The summed E-state index contributed by atoms with van der Waals surface area (Å²) in [5.41, 5.74) is -2.41. The van der Waals surface area contributed by atoms with Gasteiger partial charge in [-0.05, 0) is 69.4 Å². The molecule has 4 aliphatic rings. The number of carbonyl (C=O) groups excluding carboxylic acids is 3. The van der Waals surface area contributed by atoms with Crippen molar-refractivity contribution >= 4 is 25.1 Å². The normalized spacial score (nSPS) is 39.9. The number of aliphatic hydroxyl groups is 1. The molecule has 4 aliphatic carbocycles. The molecular formula is C31H47O9P. The number of carbonyl (C=O) groups is 3. The second kappa shape index (κ2) is 11.5. The second-order valence-electron chi connectivity index (χ2n) is 12.8. The van der Waals surface area contributed by atoms with Gasteiger partial charge in [0.2, 0.25) is 5.78 Å². The van der Waals surface area contributed by atoms with Crippen molar-refractivity contribution in [2.45, 2.75) is 92.3 Å². The fourth-order valence-corrected chi connectivity index (χ4v) is 10.4. The van der Waals surface area contributed by atoms with Crippen LogP contribution in [0.1, 0.15) is 80.6 Å². The molecule has 9 nitrogen and oxygen atoms in total. The summed E-state index contributed by atoms with van der Waals surface area (Å²) in [6.07, 6.45) is 6.53. The van der Waals surface area contributed by atoms with Crippen LogP contribution in [0, 0.1) is 34.0 Å². The van der Waals surface area contributed by atoms with Crippen LogP contribution in [0.5, 0.6) is 0 Å². The van der Waals surface area contributed by atoms with Gasteiger partial charge in [-0.3, -0.25) is 18.9 Å². The number of esters is 1. The largest absolute Gasteiger partial charge is 0.458 e. The van der Waals surface area contributed by atoms with Crippen molar-refractivity contribution in [3.05, 3.63) is 23.8 Å². The zero-order valence-electron chi connectivity index (χ0n) is 25.6. The number of allylic oxidation sites excluding steroid dienone is 4. The van der Waals surface area contributed by atoms with Crippen LogP contribution in [0.4, 0.5) is 0 Å². The topological polar surface area (TPSA) is 125 Å². The van der Waals surface area contributed by atoms with E-state index in [1.54, 1.807) is 32.9 Å². The number of rotatable bonds is 11. The Morgan fingerprint density at radius 3 is 2.37 bits per heavy atom. The van der Waals surface area contributed by atoms with Crippen LogP contribution < -0.4 is 0 Å². The van der Waals surface area contributed by atoms with E-state index in [1.807, 2.05) is 19.9 Å². The molecule has 4 rings (SSSR count). The van der Waals surface area contributed by atoms with Gasteiger partial charge in [-0.1, -0.05) is 46.3 Å². The van der Waals surface area contributed by atoms with Gasteiger partial charge in [0.1, 0.15) is 11.9 Å². The maximum absolute atomic E-state index is 14.3. The third-order valence-electron chi connectivity index (χ3n) is 11.1. The van der Waals surface area contributed by atoms with Gasteiger partial charge in [0.25, 0.3) is 0 Å². The lowest BCUT2D eigenvalue weighted by molar-refractivity contribution is -0.218. The third-order valence-corrected chi connectivity index (χ3v) is 12.9. The summed E-state index contributed by atoms with van der Waals surface area (Å²) in [5.74, 6) is -1.27. The lowest BCUT2D eigenvalue weighted by atomic mass is 9.39. The van der Waals surface area contributed by atoms with Gasteiger partial charge in [0.05, 0.1) is 19.3 Å². The van der Waals surface area contributed by atoms with Crippen molar-refractivity contribution in [3.63, 3.8) is 0 Å². The molecule has 0 saturated heterocycles. The maximum Gasteiger partial charge on any atom is 0.356 e. The second-order valence-corrected chi connectivity index (χ2v) is 14.8. The van der Waals surface area contributed by atoms with Crippen molar-refractivity contribution in [3.8, 4) is 0 Å². The summed E-state index contributed by atoms with van der Waals surface area (Å²) in [6.45, 7) is 13.1. The Labute approximate surface area is 243 Å². The molecule has 10 heteroatoms. The van der Waals surface area contributed by atoms with Crippen LogP contribution in [0.15, 0.2) is 23.8 Å². The molecule has 0 aromatic rings. The highest BCUT2D eigenvalue weighted by molar-refractivity contribution is 7.53. The molecular weight excluding hydrogens is 547 g/mol. The lowest BCUT2D eigenvalue weighted by Gasteiger charge is -2.65. The van der Waals surface area contributed by atoms with Crippen molar-refractivity contribution in [2.24, 2.45) is 34.0 Å². The van der Waals surface area contributed by atoms with E-state index in [1.165, 1.54) is 0 Å². The molecule has 0 bridgehead atoms. The third kappa shape index (κ3) is 4.84. The van der Waals surface area contributed by atoms with Gasteiger partial charge in [-0.2, -0.15) is 0 Å². The quantitative estimate of drug-likeness (QED) is 0.247. The van der Waals surface area contributed by atoms with E-state index in [4.69, 9.17) is 18.5 Å². The lowest BCUT2D eigenvalue weighted by Crippen LogP contribution is -2.67. The Kier molecular flexibility index (Phi) is 9.02. The molecule has 0 amide bonds. The highest BCUT2D eigenvalue weighted by atomic mass is 31.2. The monoisotopic (exact) mass is 594 g/mol. The van der Waals surface area contributed by atoms with Gasteiger partial charge in [-0.15, -0.1) is 0 Å². The van der Waals surface area contributed by atoms with Crippen LogP contribution >= 0.6 is 7.60 Å². The molecule has 1 N–H and O–H groups in total. The summed E-state index contributed by atoms with van der Waals surface area (Å²) < 4.78 is 36.4. The molecule has 41 heavy (non-hydrogen) atoms. The SMILES string of the molecule is CCOP(=O)(CO[C@]1(C(=O)COC(=O)CC)[C@@H](C)C[C@H]2[C@@H]3CCC4=CC(=O)C=C[C@]4(C)[C@@]3(C)[C@@H](O)C[C@@]21C)OCC. The van der Waals surface area contributed by atoms with Crippen molar-refractivity contribution in [1.82, 2.24) is 0 Å². The zero-order valence-corrected chi connectivity index (χ0v) is 26.5. The molecule has 8 atom stereocenters. The van der Waals surface area contributed by atoms with Crippen LogP contribution in [0.2, 0.25) is 0 Å². The van der Waals surface area contributed by atoms with E-state index in [9.17, 15) is 24.1 Å². The van der Waals surface area contributed by atoms with E-state index in [2.05, 4.69) is 13.8 Å². The molecule has 0 aromatic heterocycles. The number of ketones is 2. The Morgan fingerprint density at radius 2 is 1.76 bits per heavy atom. The van der Waals surface area contributed by atoms with E-state index in [0.717, 1.165) is 18.4 Å². The first-order chi connectivity index (χ1) is 19.2. The molecule has 230 valence electrons. The van der Waals surface area contributed by atoms with E-state index in [0.29, 0.717) is 6.42 Å². The van der Waals surface area contributed by atoms with Crippen LogP contribution in [0.25, 0.3) is 0 Å². The maximum atomic E-state index is 14.3. The Hall–Kier alpha value is -1.64. The summed E-state index contributed by atoms with van der Waals surface area (Å²) in [6, 6.07) is 0. The zero-order chi connectivity index (χ0) is 30.4. The van der Waals surface area contributed by atoms with Gasteiger partial charge in [-0.25, -0.2) is 0 Å². The van der Waals surface area contributed by atoms with Crippen LogP contribution in [-0.2, 0) is 37.5 Å². The van der Waals surface area contributed by atoms with Crippen LogP contribution in [0.3, 0.4) is 0 Å². The van der Waals surface area contributed by atoms with E-state index >= 15 is 0 Å². The minimum atomic E-state index is -3.69. The molecule has 0 radical (unpaired) electrons. The Bertz CT molecular complexity index is 1170. The Balaban J connectivity index is 1.79. The Morgan fingerprint density at radius 1 is 1.10 bits per heavy atom. The molecule has 3 fully saturated rings. The molecule has 0 spiro atoms. The molecule has 0 heterocycles. The number of ether oxygens (including phenoxy) is 2. The summed E-state index contributed by atoms with van der Waals surface area (Å²) >= 11 is 0. The van der Waals surface area contributed by atoms with Gasteiger partial charge in [0.15, 0.2) is 12.4 Å². The van der Waals surface area contributed by atoms with Crippen molar-refractivity contribution < 1.29 is 42.6 Å². The summed E-state index contributed by atoms with van der Waals surface area (Å²) in [7, 11) is -3.69. The average Bonchev–Trinajstić information content (AvgIpc) is 3.13. The fourth-order valence-electron chi connectivity index (χ4n) is 8.98. The molecule has 0 unspecified atom stereocenters. The van der Waals surface area contributed by atoms with E-state index < -0.39 is 60.3 Å². The molecule has 0 aromatic carbocycles. The van der Waals surface area contributed by atoms with Crippen LogP contribution in [-0.4, -0.2) is 60.5 Å². The number of hydrogen-bond acceptors (Lipinski definition) is 9. The number of fused-ring (bicyclic) bond motifs is 5. The highest BCUT2D eigenvalue weighted by Crippen LogP contribution is 2.73. The molecule has 3 saturated carbocycles. The minimum absolute atomic E-state index is 0.0146. The predicted molar refractivity (Wildman–Crippen MR) is 153 cm³/mol. The number of Topliss-reactive ketones (excluding diaryl/α,β-unsaturated/α-hetero) is 1.